The maximum atomic E-state index is 10.6. The van der Waals surface area contributed by atoms with Crippen LogP contribution in [0.1, 0.15) is 0 Å². The van der Waals surface area contributed by atoms with Gasteiger partial charge in [-0.05, 0) is 0 Å². The van der Waals surface area contributed by atoms with Gasteiger partial charge < -0.3 is 5.11 Å². The molecule has 0 aliphatic heterocycles. The second-order valence-electron chi connectivity index (χ2n) is 0.707. The molecule has 0 amide bonds. The van der Waals surface area contributed by atoms with Crippen molar-refractivity contribution in [3.05, 3.63) is 0 Å². The van der Waals surface area contributed by atoms with Crippen LogP contribution in [0.3, 0.4) is 0 Å². The van der Waals surface area contributed by atoms with Crippen LogP contribution in [0.5, 0.6) is 0 Å². The van der Waals surface area contributed by atoms with Gasteiger partial charge in [0.15, 0.2) is 0 Å². The van der Waals surface area contributed by atoms with Gasteiger partial charge in [0.2, 0.25) is 0 Å². The van der Waals surface area contributed by atoms with Crippen LogP contribution in [-0.4, -0.2) is 47.4 Å². The van der Waals surface area contributed by atoms with Crippen LogP contribution in [0.4, 0.5) is 13.2 Å². The van der Waals surface area contributed by atoms with Gasteiger partial charge in [-0.2, -0.15) is 0 Å². The summed E-state index contributed by atoms with van der Waals surface area (Å²) in [6.45, 7) is 0. The summed E-state index contributed by atoms with van der Waals surface area (Å²) in [4.78, 5) is 0. The van der Waals surface area contributed by atoms with Crippen molar-refractivity contribution >= 4 is 29.6 Å². The SMILES string of the molecule is OC(F)C(F)F.[NaH]. The summed E-state index contributed by atoms with van der Waals surface area (Å²) >= 11 is 0. The molecule has 0 aliphatic rings. The molecule has 1 N–H and O–H groups in total. The summed E-state index contributed by atoms with van der Waals surface area (Å²) in [6.07, 6.45) is -6.24. The predicted octanol–water partition coefficient (Wildman–Crippen LogP) is -0.109. The molecule has 0 rings (SSSR count). The summed E-state index contributed by atoms with van der Waals surface area (Å²) < 4.78 is 31.7. The fourth-order valence-electron chi connectivity index (χ4n) is 0. The predicted molar refractivity (Wildman–Crippen MR) is 20.3 cm³/mol. The molecule has 0 fully saturated rings. The first-order chi connectivity index (χ1) is 2.64. The Labute approximate surface area is 60.8 Å². The van der Waals surface area contributed by atoms with E-state index in [4.69, 9.17) is 5.11 Å². The minimum absolute atomic E-state index is 0. The fraction of sp³-hybridized carbons (Fsp3) is 1.00. The van der Waals surface area contributed by atoms with E-state index in [0.29, 0.717) is 0 Å². The molecule has 0 bridgehead atoms. The normalized spacial score (nSPS) is 13.3. The summed E-state index contributed by atoms with van der Waals surface area (Å²) in [5, 5.41) is 7.21. The van der Waals surface area contributed by atoms with Gasteiger partial charge in [-0.15, -0.1) is 0 Å². The van der Waals surface area contributed by atoms with Gasteiger partial charge in [0.05, 0.1) is 0 Å². The molecule has 0 spiro atoms. The van der Waals surface area contributed by atoms with E-state index in [0.717, 1.165) is 0 Å². The van der Waals surface area contributed by atoms with E-state index in [1.54, 1.807) is 0 Å². The molecular formula is C2H4F3NaO. The number of aliphatic hydroxyl groups is 1. The molecule has 1 atom stereocenters. The van der Waals surface area contributed by atoms with Gasteiger partial charge >= 0.3 is 29.6 Å². The monoisotopic (exact) mass is 124 g/mol. The van der Waals surface area contributed by atoms with Crippen LogP contribution >= 0.6 is 0 Å². The molecule has 0 saturated heterocycles. The van der Waals surface area contributed by atoms with Crippen LogP contribution in [0.25, 0.3) is 0 Å². The van der Waals surface area contributed by atoms with Gasteiger partial charge in [-0.1, -0.05) is 0 Å². The number of halogens is 3. The van der Waals surface area contributed by atoms with Crippen LogP contribution in [0.2, 0.25) is 0 Å². The molecule has 40 valence electrons. The third-order valence-corrected chi connectivity index (χ3v) is 0.208. The van der Waals surface area contributed by atoms with Crippen molar-refractivity contribution < 1.29 is 18.3 Å². The number of hydrogen-bond donors (Lipinski definition) is 1. The van der Waals surface area contributed by atoms with Crippen molar-refractivity contribution in [3.63, 3.8) is 0 Å². The van der Waals surface area contributed by atoms with Crippen LogP contribution in [0, 0.1) is 0 Å². The summed E-state index contributed by atoms with van der Waals surface area (Å²) in [5.74, 6) is 0. The van der Waals surface area contributed by atoms with E-state index in [9.17, 15) is 13.2 Å². The molecule has 0 heterocycles. The van der Waals surface area contributed by atoms with E-state index < -0.39 is 12.8 Å². The number of aliphatic hydroxyl groups excluding tert-OH is 1. The molecule has 0 aromatic carbocycles. The van der Waals surface area contributed by atoms with E-state index in [1.807, 2.05) is 0 Å². The third-order valence-electron chi connectivity index (χ3n) is 0.208. The summed E-state index contributed by atoms with van der Waals surface area (Å²) in [7, 11) is 0. The van der Waals surface area contributed by atoms with Crippen molar-refractivity contribution in [2.75, 3.05) is 0 Å². The Morgan fingerprint density at radius 2 is 1.29 bits per heavy atom. The zero-order valence-corrected chi connectivity index (χ0v) is 2.74. The van der Waals surface area contributed by atoms with E-state index in [1.165, 1.54) is 0 Å². The topological polar surface area (TPSA) is 20.2 Å². The molecule has 5 heteroatoms. The summed E-state index contributed by atoms with van der Waals surface area (Å²) in [6, 6.07) is 0. The van der Waals surface area contributed by atoms with Gasteiger partial charge in [-0.3, -0.25) is 0 Å². The standard InChI is InChI=1S/C2H3F3O.Na.H/c3-1(4)2(5)6;;/h1-2,6H;;. The zero-order chi connectivity index (χ0) is 5.15. The molecule has 1 nitrogen and oxygen atoms in total. The Hall–Kier alpha value is 0.750. The van der Waals surface area contributed by atoms with Gasteiger partial charge in [0.25, 0.3) is 12.8 Å². The van der Waals surface area contributed by atoms with Gasteiger partial charge in [0.1, 0.15) is 0 Å². The first kappa shape index (κ1) is 10.7. The molecule has 0 saturated carbocycles. The number of rotatable bonds is 1. The van der Waals surface area contributed by atoms with Gasteiger partial charge in [0, 0.05) is 0 Å². The first-order valence-electron chi connectivity index (χ1n) is 1.25. The second-order valence-corrected chi connectivity index (χ2v) is 0.707. The average molecular weight is 124 g/mol. The van der Waals surface area contributed by atoms with Crippen LogP contribution in [-0.2, 0) is 0 Å². The molecular weight excluding hydrogens is 120 g/mol. The Balaban J connectivity index is 0. The first-order valence-corrected chi connectivity index (χ1v) is 1.25. The summed E-state index contributed by atoms with van der Waals surface area (Å²) in [5.41, 5.74) is 0. The molecule has 7 heavy (non-hydrogen) atoms. The van der Waals surface area contributed by atoms with Gasteiger partial charge in [-0.25, -0.2) is 13.2 Å². The molecule has 0 aromatic heterocycles. The fourth-order valence-corrected chi connectivity index (χ4v) is 0. The van der Waals surface area contributed by atoms with E-state index in [-0.39, 0.29) is 29.6 Å². The second kappa shape index (κ2) is 4.90. The quantitative estimate of drug-likeness (QED) is 0.483. The van der Waals surface area contributed by atoms with Crippen molar-refractivity contribution in [1.82, 2.24) is 0 Å². The Kier molecular flexibility index (Phi) is 7.47. The minimum atomic E-state index is -3.26. The van der Waals surface area contributed by atoms with E-state index >= 15 is 0 Å². The number of alkyl halides is 3. The van der Waals surface area contributed by atoms with Crippen molar-refractivity contribution in [1.29, 1.82) is 0 Å². The maximum absolute atomic E-state index is 10.6. The third kappa shape index (κ3) is 6.75. The van der Waals surface area contributed by atoms with Crippen molar-refractivity contribution in [3.8, 4) is 0 Å². The number of hydrogen-bond acceptors (Lipinski definition) is 1. The van der Waals surface area contributed by atoms with E-state index in [2.05, 4.69) is 0 Å². The Morgan fingerprint density at radius 1 is 1.14 bits per heavy atom. The Bertz CT molecular complexity index is 33.9. The molecule has 0 radical (unpaired) electrons. The Morgan fingerprint density at radius 3 is 1.29 bits per heavy atom. The molecule has 1 unspecified atom stereocenters. The average Bonchev–Trinajstić information content (AvgIpc) is 1.36. The van der Waals surface area contributed by atoms with Crippen LogP contribution < -0.4 is 0 Å². The van der Waals surface area contributed by atoms with Crippen molar-refractivity contribution in [2.24, 2.45) is 0 Å². The van der Waals surface area contributed by atoms with Crippen molar-refractivity contribution in [2.45, 2.75) is 12.8 Å². The zero-order valence-electron chi connectivity index (χ0n) is 2.74. The molecule has 0 aromatic rings. The van der Waals surface area contributed by atoms with Crippen LogP contribution in [0.15, 0.2) is 0 Å². The molecule has 0 aliphatic carbocycles.